The molecule has 182 valence electrons. The summed E-state index contributed by atoms with van der Waals surface area (Å²) >= 11 is 0. The Morgan fingerprint density at radius 1 is 0.625 bits per heavy atom. The molecule has 0 bridgehead atoms. The molecular formula is C18H28N2O10S2. The average molecular weight is 497 g/mol. The molecule has 0 spiro atoms. The molecule has 32 heavy (non-hydrogen) atoms. The largest absolute Gasteiger partial charge is 0.469 e. The summed E-state index contributed by atoms with van der Waals surface area (Å²) in [7, 11) is 5.25. The van der Waals surface area contributed by atoms with Crippen LogP contribution in [-0.4, -0.2) is 87.7 Å². The van der Waals surface area contributed by atoms with Crippen LogP contribution < -0.4 is 10.6 Å². The van der Waals surface area contributed by atoms with Gasteiger partial charge in [-0.3, -0.25) is 19.2 Å². The first-order valence-electron chi connectivity index (χ1n) is 9.51. The third-order valence-corrected chi connectivity index (χ3v) is 5.75. The molecule has 14 heteroatoms. The number of carbonyl (C=O) groups is 6. The molecule has 0 rings (SSSR count). The van der Waals surface area contributed by atoms with Crippen LogP contribution in [0.4, 0.5) is 9.59 Å². The molecule has 0 radical (unpaired) electrons. The van der Waals surface area contributed by atoms with E-state index < -0.39 is 24.1 Å². The molecule has 0 aromatic heterocycles. The second-order valence-corrected chi connectivity index (χ2v) is 8.55. The molecule has 2 N–H and O–H groups in total. The van der Waals surface area contributed by atoms with Crippen molar-refractivity contribution < 1.29 is 47.7 Å². The lowest BCUT2D eigenvalue weighted by atomic mass is 10.2. The van der Waals surface area contributed by atoms with E-state index >= 15 is 0 Å². The number of alkyl carbamates (subject to hydrolysis) is 2. The van der Waals surface area contributed by atoms with Crippen molar-refractivity contribution in [3.8, 4) is 0 Å². The molecule has 0 heterocycles. The maximum absolute atomic E-state index is 11.5. The van der Waals surface area contributed by atoms with Crippen molar-refractivity contribution in [2.45, 2.75) is 25.7 Å². The van der Waals surface area contributed by atoms with Gasteiger partial charge in [0.2, 0.25) is 0 Å². The molecule has 0 atom stereocenters. The predicted molar refractivity (Wildman–Crippen MR) is 116 cm³/mol. The number of ketones is 2. The van der Waals surface area contributed by atoms with Crippen molar-refractivity contribution in [2.24, 2.45) is 0 Å². The summed E-state index contributed by atoms with van der Waals surface area (Å²) in [6.07, 6.45) is -1.59. The van der Waals surface area contributed by atoms with Crippen molar-refractivity contribution in [2.75, 3.05) is 52.0 Å². The number of hydrogen-bond acceptors (Lipinski definition) is 12. The standard InChI is InChI=1S/C18H28N2O10S2/c1-27-15(23)5-3-13(21)11-19-17(25)29-7-9-31-32-10-8-30-18(26)20-12-14(22)4-6-16(24)28-2/h3-12H2,1-2H3,(H,19,25)(H,20,26). The van der Waals surface area contributed by atoms with E-state index in [2.05, 4.69) is 20.1 Å². The lowest BCUT2D eigenvalue weighted by Crippen LogP contribution is -2.30. The Morgan fingerprint density at radius 3 is 1.34 bits per heavy atom. The summed E-state index contributed by atoms with van der Waals surface area (Å²) in [6.45, 7) is -0.217. The molecule has 2 amide bonds. The van der Waals surface area contributed by atoms with Crippen LogP contribution in [0, 0.1) is 0 Å². The maximum Gasteiger partial charge on any atom is 0.407 e. The predicted octanol–water partition coefficient (Wildman–Crippen LogP) is 0.865. The summed E-state index contributed by atoms with van der Waals surface area (Å²) in [4.78, 5) is 67.7. The van der Waals surface area contributed by atoms with Crippen LogP contribution in [0.25, 0.3) is 0 Å². The Balaban J connectivity index is 3.55. The van der Waals surface area contributed by atoms with E-state index in [9.17, 15) is 28.8 Å². The highest BCUT2D eigenvalue weighted by molar-refractivity contribution is 8.76. The van der Waals surface area contributed by atoms with Crippen LogP contribution in [0.5, 0.6) is 0 Å². The Morgan fingerprint density at radius 2 is 1.00 bits per heavy atom. The zero-order chi connectivity index (χ0) is 24.2. The Kier molecular flexibility index (Phi) is 17.7. The third kappa shape index (κ3) is 18.3. The fourth-order valence-electron chi connectivity index (χ4n) is 1.76. The van der Waals surface area contributed by atoms with Crippen molar-refractivity contribution in [3.63, 3.8) is 0 Å². The molecular weight excluding hydrogens is 468 g/mol. The van der Waals surface area contributed by atoms with Gasteiger partial charge in [-0.2, -0.15) is 0 Å². The highest BCUT2D eigenvalue weighted by atomic mass is 33.1. The highest BCUT2D eigenvalue weighted by Gasteiger charge is 2.10. The first-order valence-corrected chi connectivity index (χ1v) is 12.0. The van der Waals surface area contributed by atoms with E-state index in [4.69, 9.17) is 9.47 Å². The van der Waals surface area contributed by atoms with Gasteiger partial charge in [-0.25, -0.2) is 9.59 Å². The number of carbonyl (C=O) groups excluding carboxylic acids is 6. The summed E-state index contributed by atoms with van der Waals surface area (Å²) in [6, 6.07) is 0. The lowest BCUT2D eigenvalue weighted by molar-refractivity contribution is -0.142. The van der Waals surface area contributed by atoms with Crippen LogP contribution in [-0.2, 0) is 38.1 Å². The van der Waals surface area contributed by atoms with Crippen LogP contribution in [0.1, 0.15) is 25.7 Å². The molecule has 12 nitrogen and oxygen atoms in total. The molecule has 0 aromatic carbocycles. The van der Waals surface area contributed by atoms with Crippen molar-refractivity contribution in [1.82, 2.24) is 10.6 Å². The summed E-state index contributed by atoms with van der Waals surface area (Å²) in [5, 5.41) is 4.59. The first kappa shape index (κ1) is 29.5. The van der Waals surface area contributed by atoms with Gasteiger partial charge in [0.15, 0.2) is 11.6 Å². The van der Waals surface area contributed by atoms with Crippen LogP contribution in [0.3, 0.4) is 0 Å². The average Bonchev–Trinajstić information content (AvgIpc) is 2.79. The molecule has 0 aromatic rings. The number of amides is 2. The van der Waals surface area contributed by atoms with Crippen molar-refractivity contribution >= 4 is 57.3 Å². The number of methoxy groups -OCH3 is 2. The van der Waals surface area contributed by atoms with Crippen LogP contribution in [0.15, 0.2) is 0 Å². The molecule has 0 unspecified atom stereocenters. The van der Waals surface area contributed by atoms with E-state index in [0.717, 1.165) is 0 Å². The Hall–Kier alpha value is -2.48. The zero-order valence-electron chi connectivity index (χ0n) is 18.0. The number of esters is 2. The number of hydrogen-bond donors (Lipinski definition) is 2. The van der Waals surface area contributed by atoms with Crippen LogP contribution in [0.2, 0.25) is 0 Å². The number of Topliss-reactive ketones (excluding diaryl/α,β-unsaturated/α-hetero) is 2. The van der Waals surface area contributed by atoms with Gasteiger partial charge in [-0.15, -0.1) is 0 Å². The summed E-state index contributed by atoms with van der Waals surface area (Å²) < 4.78 is 18.6. The van der Waals surface area contributed by atoms with E-state index in [0.29, 0.717) is 11.5 Å². The van der Waals surface area contributed by atoms with Crippen LogP contribution >= 0.6 is 21.6 Å². The van der Waals surface area contributed by atoms with Gasteiger partial charge in [0.1, 0.15) is 13.2 Å². The third-order valence-electron chi connectivity index (χ3n) is 3.41. The van der Waals surface area contributed by atoms with Crippen molar-refractivity contribution in [3.05, 3.63) is 0 Å². The van der Waals surface area contributed by atoms with Gasteiger partial charge in [0.25, 0.3) is 0 Å². The van der Waals surface area contributed by atoms with E-state index in [1.807, 2.05) is 0 Å². The van der Waals surface area contributed by atoms with E-state index in [-0.39, 0.29) is 63.6 Å². The highest BCUT2D eigenvalue weighted by Crippen LogP contribution is 2.20. The minimum atomic E-state index is -0.733. The smallest absolute Gasteiger partial charge is 0.407 e. The molecule has 0 aliphatic carbocycles. The number of rotatable bonds is 17. The van der Waals surface area contributed by atoms with Crippen molar-refractivity contribution in [1.29, 1.82) is 0 Å². The fraction of sp³-hybridized carbons (Fsp3) is 0.667. The van der Waals surface area contributed by atoms with Gasteiger partial charge < -0.3 is 29.6 Å². The van der Waals surface area contributed by atoms with Gasteiger partial charge in [0.05, 0.1) is 40.2 Å². The van der Waals surface area contributed by atoms with E-state index in [1.165, 1.54) is 35.8 Å². The topological polar surface area (TPSA) is 163 Å². The first-order chi connectivity index (χ1) is 15.3. The lowest BCUT2D eigenvalue weighted by Gasteiger charge is -2.07. The monoisotopic (exact) mass is 496 g/mol. The SMILES string of the molecule is COC(=O)CCC(=O)CNC(=O)OCCSSCCOC(=O)NCC(=O)CCC(=O)OC. The van der Waals surface area contributed by atoms with Gasteiger partial charge >= 0.3 is 24.1 Å². The normalized spacial score (nSPS) is 9.94. The molecule has 0 saturated carbocycles. The van der Waals surface area contributed by atoms with Gasteiger partial charge in [-0.05, 0) is 0 Å². The number of nitrogens with one attached hydrogen (secondary N) is 2. The minimum absolute atomic E-state index is 0.0226. The Labute approximate surface area is 193 Å². The minimum Gasteiger partial charge on any atom is -0.469 e. The summed E-state index contributed by atoms with van der Waals surface area (Å²) in [5.41, 5.74) is 0. The van der Waals surface area contributed by atoms with E-state index in [1.54, 1.807) is 0 Å². The second kappa shape index (κ2) is 19.2. The zero-order valence-corrected chi connectivity index (χ0v) is 19.6. The van der Waals surface area contributed by atoms with Gasteiger partial charge in [-0.1, -0.05) is 21.6 Å². The molecule has 0 aliphatic heterocycles. The molecule has 0 saturated heterocycles. The van der Waals surface area contributed by atoms with Gasteiger partial charge in [0, 0.05) is 24.3 Å². The second-order valence-electron chi connectivity index (χ2n) is 5.85. The maximum atomic E-state index is 11.5. The Bertz CT molecular complexity index is 591. The summed E-state index contributed by atoms with van der Waals surface area (Å²) in [5.74, 6) is -0.656. The number of ether oxygens (including phenoxy) is 4. The molecule has 0 fully saturated rings. The molecule has 0 aliphatic rings. The quantitative estimate of drug-likeness (QED) is 0.127. The fourth-order valence-corrected chi connectivity index (χ4v) is 3.42.